The number of hydrogen-bond donors (Lipinski definition) is 1. The molecule has 4 unspecified atom stereocenters. The van der Waals surface area contributed by atoms with E-state index in [0.29, 0.717) is 0 Å². The van der Waals surface area contributed by atoms with E-state index in [9.17, 15) is 4.79 Å². The summed E-state index contributed by atoms with van der Waals surface area (Å²) in [5, 5.41) is 10.3. The lowest BCUT2D eigenvalue weighted by atomic mass is 9.93. The molecule has 2 aliphatic rings. The molecule has 2 aliphatic heterocycles. The average molecular weight is 332 g/mol. The van der Waals surface area contributed by atoms with Crippen molar-refractivity contribution < 1.29 is 9.53 Å². The maximum atomic E-state index is 12.6. The normalized spacial score (nSPS) is 27.2. The number of nitrogens with zero attached hydrogens (tertiary/aromatic N) is 1. The Balaban J connectivity index is 1.49. The number of hydrogen-bond acceptors (Lipinski definition) is 5. The van der Waals surface area contributed by atoms with Crippen molar-refractivity contribution in [2.45, 2.75) is 31.1 Å². The fraction of sp³-hybridized carbons (Fsp3) is 0.375. The number of ether oxygens (including phenoxy) is 1. The molecule has 1 fully saturated rings. The third-order valence-electron chi connectivity index (χ3n) is 4.15. The van der Waals surface area contributed by atoms with Crippen LogP contribution in [0.2, 0.25) is 0 Å². The van der Waals surface area contributed by atoms with Crippen molar-refractivity contribution >= 4 is 28.6 Å². The third kappa shape index (κ3) is 2.74. The lowest BCUT2D eigenvalue weighted by molar-refractivity contribution is -0.126. The number of thiazole rings is 1. The summed E-state index contributed by atoms with van der Waals surface area (Å²) in [6.07, 6.45) is 7.49. The Hall–Kier alpha value is -1.50. The molecule has 0 saturated carbocycles. The summed E-state index contributed by atoms with van der Waals surface area (Å²) >= 11 is 3.26. The van der Waals surface area contributed by atoms with Gasteiger partial charge in [-0.15, -0.1) is 11.3 Å². The van der Waals surface area contributed by atoms with Crippen molar-refractivity contribution in [3.8, 4) is 0 Å². The molecule has 6 heteroatoms. The Morgan fingerprint density at radius 1 is 1.45 bits per heavy atom. The van der Waals surface area contributed by atoms with E-state index in [2.05, 4.69) is 33.2 Å². The van der Waals surface area contributed by atoms with Gasteiger partial charge in [-0.25, -0.2) is 4.98 Å². The second-order valence-electron chi connectivity index (χ2n) is 5.63. The number of amides is 1. The maximum Gasteiger partial charge on any atom is 0.226 e. The minimum atomic E-state index is -0.0695. The molecule has 1 saturated heterocycles. The van der Waals surface area contributed by atoms with E-state index in [1.807, 2.05) is 11.5 Å². The standard InChI is InChI=1S/C16H16N2O2S2/c19-15(12-8-11-1-2-14(12)20-11)18-13(16-17-4-6-22-16)7-10-3-5-21-9-10/h1-6,9,11-14H,7-8H2,(H,18,19). The van der Waals surface area contributed by atoms with E-state index >= 15 is 0 Å². The van der Waals surface area contributed by atoms with Gasteiger partial charge in [0.25, 0.3) is 0 Å². The van der Waals surface area contributed by atoms with Crippen LogP contribution < -0.4 is 5.32 Å². The van der Waals surface area contributed by atoms with Crippen LogP contribution in [-0.2, 0) is 16.0 Å². The van der Waals surface area contributed by atoms with Gasteiger partial charge in [0.15, 0.2) is 0 Å². The minimum absolute atomic E-state index is 0.0527. The van der Waals surface area contributed by atoms with E-state index in [-0.39, 0.29) is 30.1 Å². The Morgan fingerprint density at radius 2 is 2.41 bits per heavy atom. The molecule has 1 amide bonds. The first-order valence-corrected chi connectivity index (χ1v) is 9.16. The minimum Gasteiger partial charge on any atom is -0.366 e. The molecule has 0 radical (unpaired) electrons. The van der Waals surface area contributed by atoms with Crippen LogP contribution in [0.5, 0.6) is 0 Å². The Bertz CT molecular complexity index is 666. The zero-order valence-electron chi connectivity index (χ0n) is 11.8. The smallest absolute Gasteiger partial charge is 0.226 e. The molecule has 4 heterocycles. The molecule has 114 valence electrons. The second-order valence-corrected chi connectivity index (χ2v) is 7.34. The highest BCUT2D eigenvalue weighted by atomic mass is 32.1. The van der Waals surface area contributed by atoms with E-state index in [4.69, 9.17) is 4.74 Å². The molecular weight excluding hydrogens is 316 g/mol. The lowest BCUT2D eigenvalue weighted by Gasteiger charge is -2.21. The van der Waals surface area contributed by atoms with Gasteiger partial charge in [-0.1, -0.05) is 12.2 Å². The van der Waals surface area contributed by atoms with Gasteiger partial charge in [0.1, 0.15) is 5.01 Å². The summed E-state index contributed by atoms with van der Waals surface area (Å²) < 4.78 is 5.70. The Morgan fingerprint density at radius 3 is 3.05 bits per heavy atom. The van der Waals surface area contributed by atoms with Crippen molar-refractivity contribution in [3.05, 3.63) is 51.1 Å². The summed E-state index contributed by atoms with van der Waals surface area (Å²) in [7, 11) is 0. The van der Waals surface area contributed by atoms with Crippen LogP contribution in [0.3, 0.4) is 0 Å². The van der Waals surface area contributed by atoms with E-state index in [0.717, 1.165) is 17.8 Å². The highest BCUT2D eigenvalue weighted by Crippen LogP contribution is 2.34. The molecule has 0 aromatic carbocycles. The van der Waals surface area contributed by atoms with Gasteiger partial charge < -0.3 is 10.1 Å². The van der Waals surface area contributed by atoms with Crippen molar-refractivity contribution in [2.75, 3.05) is 0 Å². The fourth-order valence-corrected chi connectivity index (χ4v) is 4.43. The van der Waals surface area contributed by atoms with Gasteiger partial charge >= 0.3 is 0 Å². The quantitative estimate of drug-likeness (QED) is 0.857. The van der Waals surface area contributed by atoms with Crippen LogP contribution >= 0.6 is 22.7 Å². The number of fused-ring (bicyclic) bond motifs is 2. The van der Waals surface area contributed by atoms with Gasteiger partial charge in [-0.2, -0.15) is 11.3 Å². The molecule has 4 rings (SSSR count). The third-order valence-corrected chi connectivity index (χ3v) is 5.77. The van der Waals surface area contributed by atoms with Gasteiger partial charge in [-0.05, 0) is 28.8 Å². The van der Waals surface area contributed by atoms with Crippen molar-refractivity contribution in [3.63, 3.8) is 0 Å². The molecule has 4 atom stereocenters. The predicted octanol–water partition coefficient (Wildman–Crippen LogP) is 2.95. The zero-order valence-corrected chi connectivity index (χ0v) is 13.5. The van der Waals surface area contributed by atoms with Crippen LogP contribution in [0.4, 0.5) is 0 Å². The number of aromatic nitrogens is 1. The van der Waals surface area contributed by atoms with Gasteiger partial charge in [0.2, 0.25) is 5.91 Å². The molecular formula is C16H16N2O2S2. The number of carbonyl (C=O) groups is 1. The molecule has 2 bridgehead atoms. The maximum absolute atomic E-state index is 12.6. The molecule has 0 spiro atoms. The largest absolute Gasteiger partial charge is 0.366 e. The van der Waals surface area contributed by atoms with E-state index < -0.39 is 0 Å². The number of carbonyl (C=O) groups excluding carboxylic acids is 1. The number of nitrogens with one attached hydrogen (secondary N) is 1. The predicted molar refractivity (Wildman–Crippen MR) is 86.9 cm³/mol. The Kier molecular flexibility index (Phi) is 3.82. The van der Waals surface area contributed by atoms with E-state index in [1.54, 1.807) is 28.9 Å². The molecule has 0 aliphatic carbocycles. The molecule has 2 aromatic rings. The highest BCUT2D eigenvalue weighted by Gasteiger charge is 2.41. The van der Waals surface area contributed by atoms with Crippen LogP contribution in [0.1, 0.15) is 23.0 Å². The first-order chi connectivity index (χ1) is 10.8. The average Bonchev–Trinajstić information content (AvgIpc) is 3.28. The van der Waals surface area contributed by atoms with Crippen LogP contribution in [0.25, 0.3) is 0 Å². The summed E-state index contributed by atoms with van der Waals surface area (Å²) in [4.78, 5) is 17.0. The van der Waals surface area contributed by atoms with Gasteiger partial charge in [0, 0.05) is 18.0 Å². The summed E-state index contributed by atoms with van der Waals surface area (Å²) in [6, 6.07) is 2.03. The lowest BCUT2D eigenvalue weighted by Crippen LogP contribution is -2.38. The highest BCUT2D eigenvalue weighted by molar-refractivity contribution is 7.09. The van der Waals surface area contributed by atoms with Crippen molar-refractivity contribution in [1.29, 1.82) is 0 Å². The first-order valence-electron chi connectivity index (χ1n) is 7.34. The Labute approximate surface area is 136 Å². The summed E-state index contributed by atoms with van der Waals surface area (Å²) in [5.41, 5.74) is 1.23. The van der Waals surface area contributed by atoms with Gasteiger partial charge in [-0.3, -0.25) is 4.79 Å². The zero-order chi connectivity index (χ0) is 14.9. The summed E-state index contributed by atoms with van der Waals surface area (Å²) in [6.45, 7) is 0. The molecule has 2 aromatic heterocycles. The molecule has 22 heavy (non-hydrogen) atoms. The summed E-state index contributed by atoms with van der Waals surface area (Å²) in [5.74, 6) is 0.00668. The monoisotopic (exact) mass is 332 g/mol. The topological polar surface area (TPSA) is 51.2 Å². The fourth-order valence-electron chi connectivity index (χ4n) is 3.06. The number of thiophene rings is 1. The first kappa shape index (κ1) is 14.1. The van der Waals surface area contributed by atoms with Gasteiger partial charge in [0.05, 0.1) is 24.2 Å². The van der Waals surface area contributed by atoms with E-state index in [1.165, 1.54) is 5.56 Å². The second kappa shape index (κ2) is 5.95. The van der Waals surface area contributed by atoms with Crippen LogP contribution in [-0.4, -0.2) is 23.1 Å². The molecule has 4 nitrogen and oxygen atoms in total. The van der Waals surface area contributed by atoms with Crippen molar-refractivity contribution in [1.82, 2.24) is 10.3 Å². The van der Waals surface area contributed by atoms with Crippen LogP contribution in [0, 0.1) is 5.92 Å². The number of rotatable bonds is 5. The SMILES string of the molecule is O=C(NC(Cc1ccsc1)c1nccs1)C1CC2C=CC1O2. The van der Waals surface area contributed by atoms with Crippen molar-refractivity contribution in [2.24, 2.45) is 5.92 Å². The molecule has 1 N–H and O–H groups in total. The van der Waals surface area contributed by atoms with Crippen LogP contribution in [0.15, 0.2) is 40.6 Å².